The summed E-state index contributed by atoms with van der Waals surface area (Å²) in [6.45, 7) is 11.7. The van der Waals surface area contributed by atoms with Gasteiger partial charge in [-0.15, -0.1) is 0 Å². The highest BCUT2D eigenvalue weighted by molar-refractivity contribution is 5.84. The second kappa shape index (κ2) is 5.57. The van der Waals surface area contributed by atoms with E-state index in [9.17, 15) is 4.79 Å². The van der Waals surface area contributed by atoms with Gasteiger partial charge in [0.05, 0.1) is 12.2 Å². The maximum absolute atomic E-state index is 12.2. The summed E-state index contributed by atoms with van der Waals surface area (Å²) >= 11 is 0. The Kier molecular flexibility index (Phi) is 4.28. The number of nitrogens with one attached hydrogen (secondary N) is 1. The molecule has 2 saturated heterocycles. The van der Waals surface area contributed by atoms with Gasteiger partial charge in [0.25, 0.3) is 0 Å². The Hall–Kier alpha value is -0.610. The fraction of sp³-hybridized carbons (Fsp3) is 0.929. The highest BCUT2D eigenvalue weighted by Crippen LogP contribution is 2.23. The molecule has 0 bridgehead atoms. The highest BCUT2D eigenvalue weighted by atomic mass is 16.2. The average molecular weight is 253 g/mol. The zero-order valence-corrected chi connectivity index (χ0v) is 12.1. The van der Waals surface area contributed by atoms with E-state index < -0.39 is 0 Å². The molecule has 104 valence electrons. The predicted octanol–water partition coefficient (Wildman–Crippen LogP) is 1.27. The van der Waals surface area contributed by atoms with Crippen molar-refractivity contribution in [3.8, 4) is 0 Å². The van der Waals surface area contributed by atoms with E-state index in [4.69, 9.17) is 0 Å². The van der Waals surface area contributed by atoms with E-state index >= 15 is 0 Å². The van der Waals surface area contributed by atoms with Crippen molar-refractivity contribution in [3.63, 3.8) is 0 Å². The third kappa shape index (κ3) is 2.54. The van der Waals surface area contributed by atoms with Crippen LogP contribution in [0, 0.1) is 5.92 Å². The van der Waals surface area contributed by atoms with E-state index in [0.717, 1.165) is 13.1 Å². The van der Waals surface area contributed by atoms with Crippen LogP contribution in [-0.4, -0.2) is 53.6 Å². The lowest BCUT2D eigenvalue weighted by Crippen LogP contribution is -2.47. The van der Waals surface area contributed by atoms with Gasteiger partial charge in [0.2, 0.25) is 5.91 Å². The zero-order chi connectivity index (χ0) is 13.3. The molecule has 0 saturated carbocycles. The van der Waals surface area contributed by atoms with Crippen molar-refractivity contribution in [1.82, 2.24) is 15.1 Å². The molecule has 0 aromatic carbocycles. The summed E-state index contributed by atoms with van der Waals surface area (Å²) in [5, 5.41) is 3.42. The van der Waals surface area contributed by atoms with Gasteiger partial charge in [-0.1, -0.05) is 20.8 Å². The molecule has 2 aliphatic heterocycles. The lowest BCUT2D eigenvalue weighted by molar-refractivity contribution is -0.131. The molecule has 0 aromatic rings. The number of rotatable bonds is 4. The number of hydrogen-bond acceptors (Lipinski definition) is 3. The van der Waals surface area contributed by atoms with Crippen molar-refractivity contribution >= 4 is 5.91 Å². The molecular formula is C14H27N3O. The molecule has 0 aliphatic carbocycles. The molecule has 4 heteroatoms. The topological polar surface area (TPSA) is 35.6 Å². The van der Waals surface area contributed by atoms with E-state index in [1.54, 1.807) is 0 Å². The summed E-state index contributed by atoms with van der Waals surface area (Å²) in [7, 11) is 0. The normalized spacial score (nSPS) is 33.9. The molecule has 18 heavy (non-hydrogen) atoms. The molecule has 2 fully saturated rings. The number of nitrogens with zero attached hydrogens (tertiary/aromatic N) is 2. The lowest BCUT2D eigenvalue weighted by Gasteiger charge is -2.32. The monoisotopic (exact) mass is 253 g/mol. The SMILES string of the molecule is CCN1CCCC1CN1C(=O)C(C)NC1C(C)C. The molecule has 4 nitrogen and oxygen atoms in total. The highest BCUT2D eigenvalue weighted by Gasteiger charge is 2.39. The van der Waals surface area contributed by atoms with E-state index in [1.807, 2.05) is 6.92 Å². The zero-order valence-electron chi connectivity index (χ0n) is 12.1. The Balaban J connectivity index is 2.03. The number of amides is 1. The molecular weight excluding hydrogens is 226 g/mol. The Morgan fingerprint density at radius 1 is 1.44 bits per heavy atom. The quantitative estimate of drug-likeness (QED) is 0.819. The Morgan fingerprint density at radius 2 is 2.17 bits per heavy atom. The van der Waals surface area contributed by atoms with Crippen LogP contribution in [0.3, 0.4) is 0 Å². The maximum atomic E-state index is 12.2. The minimum atomic E-state index is -0.0196. The largest absolute Gasteiger partial charge is 0.324 e. The van der Waals surface area contributed by atoms with Crippen LogP contribution in [0.2, 0.25) is 0 Å². The first-order valence-electron chi connectivity index (χ1n) is 7.35. The van der Waals surface area contributed by atoms with Gasteiger partial charge in [-0.2, -0.15) is 0 Å². The van der Waals surface area contributed by atoms with E-state index in [1.165, 1.54) is 19.4 Å². The first kappa shape index (κ1) is 13.8. The summed E-state index contributed by atoms with van der Waals surface area (Å²) in [4.78, 5) is 16.8. The molecule has 0 aromatic heterocycles. The Labute approximate surface area is 111 Å². The van der Waals surface area contributed by atoms with Crippen LogP contribution in [-0.2, 0) is 4.79 Å². The Morgan fingerprint density at radius 3 is 2.78 bits per heavy atom. The molecule has 2 rings (SSSR count). The van der Waals surface area contributed by atoms with E-state index in [2.05, 4.69) is 35.9 Å². The summed E-state index contributed by atoms with van der Waals surface area (Å²) < 4.78 is 0. The van der Waals surface area contributed by atoms with Crippen molar-refractivity contribution < 1.29 is 4.79 Å². The third-order valence-corrected chi connectivity index (χ3v) is 4.35. The molecule has 0 radical (unpaired) electrons. The van der Waals surface area contributed by atoms with E-state index in [-0.39, 0.29) is 18.1 Å². The van der Waals surface area contributed by atoms with Gasteiger partial charge < -0.3 is 4.90 Å². The molecule has 3 atom stereocenters. The van der Waals surface area contributed by atoms with Crippen molar-refractivity contribution in [3.05, 3.63) is 0 Å². The molecule has 0 spiro atoms. The van der Waals surface area contributed by atoms with Gasteiger partial charge in [-0.3, -0.25) is 15.0 Å². The molecule has 2 aliphatic rings. The van der Waals surface area contributed by atoms with Gasteiger partial charge in [0, 0.05) is 12.6 Å². The van der Waals surface area contributed by atoms with Crippen LogP contribution in [0.15, 0.2) is 0 Å². The van der Waals surface area contributed by atoms with Crippen molar-refractivity contribution in [2.75, 3.05) is 19.6 Å². The second-order valence-corrected chi connectivity index (χ2v) is 5.99. The summed E-state index contributed by atoms with van der Waals surface area (Å²) in [5.41, 5.74) is 0. The summed E-state index contributed by atoms with van der Waals surface area (Å²) in [6, 6.07) is 0.543. The minimum Gasteiger partial charge on any atom is -0.324 e. The average Bonchev–Trinajstić information content (AvgIpc) is 2.88. The summed E-state index contributed by atoms with van der Waals surface area (Å²) in [5.74, 6) is 0.743. The fourth-order valence-corrected chi connectivity index (χ4v) is 3.30. The number of likely N-dealkylation sites (N-methyl/N-ethyl adjacent to an activating group) is 1. The minimum absolute atomic E-state index is 0.0196. The maximum Gasteiger partial charge on any atom is 0.240 e. The molecule has 1 amide bonds. The standard InChI is InChI=1S/C14H27N3O/c1-5-16-8-6-7-12(16)9-17-13(10(2)3)15-11(4)14(17)18/h10-13,15H,5-9H2,1-4H3. The number of hydrogen-bond donors (Lipinski definition) is 1. The van der Waals surface area contributed by atoms with Crippen LogP contribution in [0.25, 0.3) is 0 Å². The second-order valence-electron chi connectivity index (χ2n) is 5.99. The van der Waals surface area contributed by atoms with Crippen LogP contribution in [0.5, 0.6) is 0 Å². The van der Waals surface area contributed by atoms with Crippen molar-refractivity contribution in [1.29, 1.82) is 0 Å². The molecule has 1 N–H and O–H groups in total. The van der Waals surface area contributed by atoms with Gasteiger partial charge in [0.15, 0.2) is 0 Å². The van der Waals surface area contributed by atoms with Gasteiger partial charge in [-0.05, 0) is 38.8 Å². The van der Waals surface area contributed by atoms with Crippen LogP contribution in [0.1, 0.15) is 40.5 Å². The van der Waals surface area contributed by atoms with Gasteiger partial charge in [-0.25, -0.2) is 0 Å². The lowest BCUT2D eigenvalue weighted by atomic mass is 10.1. The van der Waals surface area contributed by atoms with Crippen molar-refractivity contribution in [2.45, 2.75) is 58.8 Å². The van der Waals surface area contributed by atoms with E-state index in [0.29, 0.717) is 12.0 Å². The first-order chi connectivity index (χ1) is 8.54. The Bertz CT molecular complexity index is 305. The first-order valence-corrected chi connectivity index (χ1v) is 7.35. The molecule has 2 heterocycles. The fourth-order valence-electron chi connectivity index (χ4n) is 3.30. The molecule has 3 unspecified atom stereocenters. The number of carbonyl (C=O) groups is 1. The van der Waals surface area contributed by atoms with Crippen molar-refractivity contribution in [2.24, 2.45) is 5.92 Å². The summed E-state index contributed by atoms with van der Waals surface area (Å²) in [6.07, 6.45) is 2.72. The number of likely N-dealkylation sites (tertiary alicyclic amines) is 1. The predicted molar refractivity (Wildman–Crippen MR) is 73.2 cm³/mol. The van der Waals surface area contributed by atoms with Gasteiger partial charge >= 0.3 is 0 Å². The van der Waals surface area contributed by atoms with Crippen LogP contribution < -0.4 is 5.32 Å². The van der Waals surface area contributed by atoms with Gasteiger partial charge in [0.1, 0.15) is 0 Å². The smallest absolute Gasteiger partial charge is 0.240 e. The number of carbonyl (C=O) groups excluding carboxylic acids is 1. The van der Waals surface area contributed by atoms with Crippen LogP contribution >= 0.6 is 0 Å². The third-order valence-electron chi connectivity index (χ3n) is 4.35. The van der Waals surface area contributed by atoms with Crippen LogP contribution in [0.4, 0.5) is 0 Å².